The molecule has 0 spiro atoms. The van der Waals surface area contributed by atoms with Crippen LogP contribution in [0, 0.1) is 13.8 Å². The second kappa shape index (κ2) is 7.94. The summed E-state index contributed by atoms with van der Waals surface area (Å²) >= 11 is 1.73. The van der Waals surface area contributed by atoms with Gasteiger partial charge in [-0.1, -0.05) is 29.0 Å². The highest BCUT2D eigenvalue weighted by Crippen LogP contribution is 2.23. The zero-order valence-electron chi connectivity index (χ0n) is 14.9. The van der Waals surface area contributed by atoms with Gasteiger partial charge in [0.15, 0.2) is 0 Å². The van der Waals surface area contributed by atoms with E-state index in [0.29, 0.717) is 0 Å². The van der Waals surface area contributed by atoms with Gasteiger partial charge < -0.3 is 9.87 Å². The van der Waals surface area contributed by atoms with Crippen LogP contribution in [0.1, 0.15) is 17.5 Å². The van der Waals surface area contributed by atoms with Crippen molar-refractivity contribution in [1.29, 1.82) is 0 Å². The summed E-state index contributed by atoms with van der Waals surface area (Å²) in [6, 6.07) is 11.7. The van der Waals surface area contributed by atoms with E-state index in [1.165, 1.54) is 34.3 Å². The Kier molecular flexibility index (Phi) is 6.12. The minimum Gasteiger partial charge on any atom is -0.744 e. The van der Waals surface area contributed by atoms with Crippen molar-refractivity contribution in [1.82, 2.24) is 0 Å². The van der Waals surface area contributed by atoms with Crippen molar-refractivity contribution >= 4 is 43.3 Å². The molecular formula is C18H20N2O4S2. The molecule has 0 aliphatic rings. The lowest BCUT2D eigenvalue weighted by Gasteiger charge is -2.05. The van der Waals surface area contributed by atoms with Crippen LogP contribution in [0.15, 0.2) is 47.4 Å². The van der Waals surface area contributed by atoms with E-state index in [2.05, 4.69) is 16.8 Å². The standard InChI is InChI=1S/C11H12N2OS.C7H8O3S/c1-7(14)12-9-4-5-10-11(6-9)15-8(2)13(10)3;1-6-2-4-7(5-3-6)11(8,9)10/h4-6H,1-3H3;2-5H,1H3,(H,8,9,10). The van der Waals surface area contributed by atoms with Crippen LogP contribution in [0.2, 0.25) is 0 Å². The first-order valence-corrected chi connectivity index (χ1v) is 10.00. The fourth-order valence-corrected chi connectivity index (χ4v) is 3.77. The lowest BCUT2D eigenvalue weighted by atomic mass is 10.2. The van der Waals surface area contributed by atoms with Crippen LogP contribution in [-0.4, -0.2) is 18.9 Å². The van der Waals surface area contributed by atoms with Crippen molar-refractivity contribution in [3.05, 3.63) is 53.0 Å². The number of fused-ring (bicyclic) bond motifs is 1. The molecule has 0 saturated heterocycles. The number of amides is 1. The highest BCUT2D eigenvalue weighted by atomic mass is 32.2. The van der Waals surface area contributed by atoms with Gasteiger partial charge in [-0.15, -0.1) is 0 Å². The van der Waals surface area contributed by atoms with E-state index < -0.39 is 10.1 Å². The Morgan fingerprint density at radius 3 is 2.27 bits per heavy atom. The van der Waals surface area contributed by atoms with Gasteiger partial charge in [0, 0.05) is 25.6 Å². The maximum atomic E-state index is 10.9. The minimum atomic E-state index is -4.27. The molecule has 1 heterocycles. The topological polar surface area (TPSA) is 90.2 Å². The van der Waals surface area contributed by atoms with Crippen molar-refractivity contribution in [3.8, 4) is 0 Å². The van der Waals surface area contributed by atoms with Crippen LogP contribution >= 0.6 is 11.3 Å². The molecule has 0 aliphatic heterocycles. The molecule has 2 aromatic carbocycles. The average Bonchev–Trinajstić information content (AvgIpc) is 2.81. The average molecular weight is 393 g/mol. The van der Waals surface area contributed by atoms with Crippen molar-refractivity contribution in [2.24, 2.45) is 7.05 Å². The number of carbonyl (C=O) groups excluding carboxylic acids is 1. The zero-order valence-corrected chi connectivity index (χ0v) is 16.6. The third-order valence-corrected chi connectivity index (χ3v) is 5.65. The van der Waals surface area contributed by atoms with Crippen LogP contribution in [-0.2, 0) is 22.0 Å². The Morgan fingerprint density at radius 1 is 1.12 bits per heavy atom. The summed E-state index contributed by atoms with van der Waals surface area (Å²) in [5, 5.41) is 4.04. The minimum absolute atomic E-state index is 0.0352. The Hall–Kier alpha value is -2.29. The zero-order chi connectivity index (χ0) is 19.5. The summed E-state index contributed by atoms with van der Waals surface area (Å²) in [5.74, 6) is -0.0352. The monoisotopic (exact) mass is 392 g/mol. The lowest BCUT2D eigenvalue weighted by molar-refractivity contribution is -0.646. The Labute approximate surface area is 156 Å². The summed E-state index contributed by atoms with van der Waals surface area (Å²) in [4.78, 5) is 10.7. The SMILES string of the molecule is CC(=O)Nc1ccc2c(c1)sc(C)[n+]2C.Cc1ccc(S(=O)(=O)[O-])cc1. The van der Waals surface area contributed by atoms with Gasteiger partial charge in [-0.3, -0.25) is 4.79 Å². The number of hydrogen-bond donors (Lipinski definition) is 1. The molecule has 0 unspecified atom stereocenters. The molecule has 1 aromatic heterocycles. The molecule has 0 radical (unpaired) electrons. The third kappa shape index (κ3) is 5.10. The number of carbonyl (C=O) groups is 1. The van der Waals surface area contributed by atoms with E-state index in [1.807, 2.05) is 32.2 Å². The highest BCUT2D eigenvalue weighted by Gasteiger charge is 2.12. The molecule has 138 valence electrons. The molecule has 0 aliphatic carbocycles. The molecule has 3 rings (SSSR count). The quantitative estimate of drug-likeness (QED) is 0.536. The maximum absolute atomic E-state index is 10.9. The lowest BCUT2D eigenvalue weighted by Crippen LogP contribution is -2.28. The Morgan fingerprint density at radius 2 is 1.73 bits per heavy atom. The largest absolute Gasteiger partial charge is 0.744 e. The smallest absolute Gasteiger partial charge is 0.234 e. The fourth-order valence-electron chi connectivity index (χ4n) is 2.26. The van der Waals surface area contributed by atoms with Crippen molar-refractivity contribution in [2.75, 3.05) is 5.32 Å². The van der Waals surface area contributed by atoms with Crippen molar-refractivity contribution < 1.29 is 22.3 Å². The van der Waals surface area contributed by atoms with E-state index >= 15 is 0 Å². The summed E-state index contributed by atoms with van der Waals surface area (Å²) in [6.07, 6.45) is 0. The second-order valence-electron chi connectivity index (χ2n) is 5.81. The maximum Gasteiger partial charge on any atom is 0.234 e. The van der Waals surface area contributed by atoms with Gasteiger partial charge >= 0.3 is 0 Å². The van der Waals surface area contributed by atoms with Gasteiger partial charge in [-0.2, -0.15) is 4.57 Å². The van der Waals surface area contributed by atoms with Gasteiger partial charge in [0.05, 0.1) is 4.90 Å². The highest BCUT2D eigenvalue weighted by molar-refractivity contribution is 7.85. The molecule has 1 N–H and O–H groups in total. The number of benzene rings is 2. The van der Waals surface area contributed by atoms with Crippen LogP contribution in [0.25, 0.3) is 10.2 Å². The van der Waals surface area contributed by atoms with Gasteiger partial charge in [0.2, 0.25) is 16.4 Å². The van der Waals surface area contributed by atoms with Gasteiger partial charge in [0.25, 0.3) is 0 Å². The predicted molar refractivity (Wildman–Crippen MR) is 101 cm³/mol. The number of aromatic nitrogens is 1. The molecule has 3 aromatic rings. The second-order valence-corrected chi connectivity index (χ2v) is 8.43. The first-order chi connectivity index (χ1) is 12.1. The normalized spacial score (nSPS) is 11.0. The number of aryl methyl sites for hydroxylation is 3. The number of anilines is 1. The first-order valence-electron chi connectivity index (χ1n) is 7.77. The molecule has 1 amide bonds. The van der Waals surface area contributed by atoms with E-state index in [4.69, 9.17) is 0 Å². The molecule has 0 saturated carbocycles. The van der Waals surface area contributed by atoms with E-state index in [-0.39, 0.29) is 10.8 Å². The number of rotatable bonds is 2. The summed E-state index contributed by atoms with van der Waals surface area (Å²) < 4.78 is 34.5. The van der Waals surface area contributed by atoms with Crippen LogP contribution in [0.5, 0.6) is 0 Å². The van der Waals surface area contributed by atoms with E-state index in [9.17, 15) is 17.8 Å². The van der Waals surface area contributed by atoms with Gasteiger partial charge in [0.1, 0.15) is 21.9 Å². The summed E-state index contributed by atoms with van der Waals surface area (Å²) in [5.41, 5.74) is 2.99. The first kappa shape index (κ1) is 20.0. The van der Waals surface area contributed by atoms with Gasteiger partial charge in [-0.05, 0) is 31.2 Å². The Balaban J connectivity index is 0.000000197. The van der Waals surface area contributed by atoms with Crippen molar-refractivity contribution in [2.45, 2.75) is 25.7 Å². The molecule has 0 atom stereocenters. The molecule has 26 heavy (non-hydrogen) atoms. The number of nitrogens with zero attached hydrogens (tertiary/aromatic N) is 1. The van der Waals surface area contributed by atoms with Crippen LogP contribution in [0.3, 0.4) is 0 Å². The molecule has 0 fully saturated rings. The Bertz CT molecular complexity index is 1040. The predicted octanol–water partition coefficient (Wildman–Crippen LogP) is 2.89. The molecule has 6 nitrogen and oxygen atoms in total. The van der Waals surface area contributed by atoms with E-state index in [0.717, 1.165) is 11.3 Å². The van der Waals surface area contributed by atoms with Crippen LogP contribution in [0.4, 0.5) is 5.69 Å². The molecule has 8 heteroatoms. The van der Waals surface area contributed by atoms with Crippen LogP contribution < -0.4 is 9.88 Å². The number of hydrogen-bond acceptors (Lipinski definition) is 5. The number of thiazole rings is 1. The van der Waals surface area contributed by atoms with Crippen molar-refractivity contribution in [3.63, 3.8) is 0 Å². The van der Waals surface area contributed by atoms with Gasteiger partial charge in [-0.25, -0.2) is 8.42 Å². The number of nitrogens with one attached hydrogen (secondary N) is 1. The molecule has 0 bridgehead atoms. The van der Waals surface area contributed by atoms with E-state index in [1.54, 1.807) is 23.5 Å². The summed E-state index contributed by atoms with van der Waals surface area (Å²) in [6.45, 7) is 5.42. The third-order valence-electron chi connectivity index (χ3n) is 3.68. The molecular weight excluding hydrogens is 372 g/mol. The fraction of sp³-hybridized carbons (Fsp3) is 0.222. The summed E-state index contributed by atoms with van der Waals surface area (Å²) in [7, 11) is -2.22.